The fraction of sp³-hybridized carbons (Fsp3) is 0.950. The first-order valence-corrected chi connectivity index (χ1v) is 10.00. The Bertz CT molecular complexity index is 270. The van der Waals surface area contributed by atoms with Crippen molar-refractivity contribution in [1.29, 1.82) is 0 Å². The first-order valence-electron chi connectivity index (χ1n) is 10.00. The van der Waals surface area contributed by atoms with Crippen molar-refractivity contribution in [2.45, 2.75) is 96.8 Å². The van der Waals surface area contributed by atoms with E-state index >= 15 is 0 Å². The Labute approximate surface area is 195 Å². The Morgan fingerprint density at radius 2 is 0.962 bits per heavy atom. The van der Waals surface area contributed by atoms with Gasteiger partial charge in [0.15, 0.2) is 0 Å². The molecule has 0 saturated heterocycles. The van der Waals surface area contributed by atoms with E-state index in [9.17, 15) is 0 Å². The first-order chi connectivity index (χ1) is 11.3. The van der Waals surface area contributed by atoms with Gasteiger partial charge in [0.05, 0.1) is 27.7 Å². The number of hydrogen-bond donors (Lipinski definition) is 1. The summed E-state index contributed by atoms with van der Waals surface area (Å²) in [6.07, 6.45) is 18.3. The van der Waals surface area contributed by atoms with Gasteiger partial charge in [0.25, 0.3) is 0 Å². The molecule has 4 nitrogen and oxygen atoms in total. The zero-order valence-electron chi connectivity index (χ0n) is 18.2. The van der Waals surface area contributed by atoms with Gasteiger partial charge in [-0.25, -0.2) is 0 Å². The van der Waals surface area contributed by atoms with Gasteiger partial charge >= 0.3 is 29.6 Å². The number of nitrogens with zero attached hydrogens (tertiary/aromatic N) is 1. The number of quaternary nitrogens is 1. The van der Waals surface area contributed by atoms with E-state index < -0.39 is 6.16 Å². The largest absolute Gasteiger partial charge is 1.00 e. The fourth-order valence-corrected chi connectivity index (χ4v) is 2.78. The summed E-state index contributed by atoms with van der Waals surface area (Å²) < 4.78 is 1.12. The van der Waals surface area contributed by atoms with Crippen molar-refractivity contribution in [3.05, 3.63) is 0 Å². The summed E-state index contributed by atoms with van der Waals surface area (Å²) in [5, 5.41) is 15.3. The van der Waals surface area contributed by atoms with Crippen molar-refractivity contribution in [2.24, 2.45) is 0 Å². The number of carboxylic acid groups (broad SMARTS) is 2. The van der Waals surface area contributed by atoms with Crippen LogP contribution in [0.5, 0.6) is 0 Å². The van der Waals surface area contributed by atoms with Gasteiger partial charge in [-0.05, 0) is 12.8 Å². The molecule has 0 bridgehead atoms. The van der Waals surface area contributed by atoms with Gasteiger partial charge in [0.2, 0.25) is 6.16 Å². The van der Waals surface area contributed by atoms with Crippen LogP contribution in [-0.4, -0.2) is 43.4 Å². The third-order valence-corrected chi connectivity index (χ3v) is 4.18. The van der Waals surface area contributed by atoms with Crippen molar-refractivity contribution in [2.75, 3.05) is 27.7 Å². The standard InChI is InChI=1S/C19H42N.CH2O3.BrH.Na/c1-5-6-7-8-9-10-11-12-13-14-15-16-17-18-19-20(2,3)4;2-1(3)4;;/h5-19H2,1-4H3;(H2,2,3,4);1H;/q+1;;;+1/p-2. The van der Waals surface area contributed by atoms with Gasteiger partial charge in [0, 0.05) is 0 Å². The van der Waals surface area contributed by atoms with Crippen molar-refractivity contribution >= 4 is 6.16 Å². The van der Waals surface area contributed by atoms with Crippen molar-refractivity contribution < 1.29 is 66.0 Å². The average Bonchev–Trinajstić information content (AvgIpc) is 2.46. The number of rotatable bonds is 15. The average molecular weight is 448 g/mol. The number of hydrogen-bond acceptors (Lipinski definition) is 2. The molecule has 0 unspecified atom stereocenters. The van der Waals surface area contributed by atoms with E-state index in [0.29, 0.717) is 0 Å². The van der Waals surface area contributed by atoms with Gasteiger partial charge in [-0.15, -0.1) is 0 Å². The van der Waals surface area contributed by atoms with Crippen molar-refractivity contribution in [3.8, 4) is 0 Å². The molecule has 0 amide bonds. The molecule has 0 aliphatic heterocycles. The van der Waals surface area contributed by atoms with E-state index in [-0.39, 0.29) is 46.5 Å². The van der Waals surface area contributed by atoms with E-state index in [2.05, 4.69) is 28.1 Å². The molecule has 26 heavy (non-hydrogen) atoms. The van der Waals surface area contributed by atoms with Crippen LogP contribution in [0.25, 0.3) is 0 Å². The Morgan fingerprint density at radius 1 is 0.731 bits per heavy atom. The molecule has 0 saturated carbocycles. The normalized spacial score (nSPS) is 10.2. The molecule has 0 aliphatic rings. The van der Waals surface area contributed by atoms with E-state index in [1.165, 1.54) is 96.4 Å². The number of unbranched alkanes of at least 4 members (excludes halogenated alkanes) is 13. The summed E-state index contributed by atoms with van der Waals surface area (Å²) in [5.41, 5.74) is 0. The topological polar surface area (TPSA) is 60.4 Å². The molecule has 0 rings (SSSR count). The number of halogens is 1. The molecule has 6 heteroatoms. The summed E-state index contributed by atoms with van der Waals surface area (Å²) in [6.45, 7) is 3.63. The SMILES string of the molecule is CCCCCCCCCCCCCCCC[N+](C)(C)C.O=C([O-])O.[Br-].[Na+]. The third kappa shape index (κ3) is 44.3. The Kier molecular flexibility index (Phi) is 33.9. The summed E-state index contributed by atoms with van der Waals surface area (Å²) in [4.78, 5) is 8.44. The van der Waals surface area contributed by atoms with Crippen LogP contribution in [0.15, 0.2) is 0 Å². The van der Waals surface area contributed by atoms with Crippen LogP contribution < -0.4 is 51.6 Å². The van der Waals surface area contributed by atoms with Crippen LogP contribution in [0.1, 0.15) is 96.8 Å². The fourth-order valence-electron chi connectivity index (χ4n) is 2.78. The molecule has 1 N–H and O–H groups in total. The molecule has 0 aromatic carbocycles. The molecule has 0 aromatic heterocycles. The van der Waals surface area contributed by atoms with Crippen LogP contribution in [0, 0.1) is 0 Å². The van der Waals surface area contributed by atoms with Crippen LogP contribution in [-0.2, 0) is 0 Å². The second-order valence-electron chi connectivity index (χ2n) is 7.88. The van der Waals surface area contributed by atoms with Crippen LogP contribution in [0.4, 0.5) is 4.79 Å². The second kappa shape index (κ2) is 25.7. The van der Waals surface area contributed by atoms with Crippen LogP contribution >= 0.6 is 0 Å². The Balaban J connectivity index is -0.000000363. The summed E-state index contributed by atoms with van der Waals surface area (Å²) >= 11 is 0. The third-order valence-electron chi connectivity index (χ3n) is 4.18. The minimum absolute atomic E-state index is 0. The van der Waals surface area contributed by atoms with Crippen LogP contribution in [0.3, 0.4) is 0 Å². The smallest absolute Gasteiger partial charge is 1.00 e. The van der Waals surface area contributed by atoms with E-state index in [1.54, 1.807) is 0 Å². The quantitative estimate of drug-likeness (QED) is 0.200. The van der Waals surface area contributed by atoms with Gasteiger partial charge in [-0.1, -0.05) is 84.0 Å². The zero-order chi connectivity index (χ0) is 18.7. The Morgan fingerprint density at radius 3 is 1.19 bits per heavy atom. The molecule has 0 fully saturated rings. The minimum atomic E-state index is -2.08. The molecule has 0 radical (unpaired) electrons. The van der Waals surface area contributed by atoms with Crippen molar-refractivity contribution in [3.63, 3.8) is 0 Å². The van der Waals surface area contributed by atoms with Gasteiger partial charge < -0.3 is 36.5 Å². The molecule has 0 heterocycles. The molecule has 0 spiro atoms. The van der Waals surface area contributed by atoms with Gasteiger partial charge in [-0.2, -0.15) is 0 Å². The maximum absolute atomic E-state index is 8.44. The monoisotopic (exact) mass is 447 g/mol. The zero-order valence-corrected chi connectivity index (χ0v) is 21.8. The predicted octanol–water partition coefficient (Wildman–Crippen LogP) is -0.930. The maximum Gasteiger partial charge on any atom is 1.00 e. The maximum atomic E-state index is 8.44. The molecule has 0 aromatic rings. The van der Waals surface area contributed by atoms with Crippen molar-refractivity contribution in [1.82, 2.24) is 0 Å². The summed E-state index contributed by atoms with van der Waals surface area (Å²) in [7, 11) is 6.88. The van der Waals surface area contributed by atoms with Crippen LogP contribution in [0.2, 0.25) is 0 Å². The summed E-state index contributed by atoms with van der Waals surface area (Å²) in [6, 6.07) is 0. The summed E-state index contributed by atoms with van der Waals surface area (Å²) in [5.74, 6) is 0. The predicted molar refractivity (Wildman–Crippen MR) is 101 cm³/mol. The molecule has 0 atom stereocenters. The van der Waals surface area contributed by atoms with Gasteiger partial charge in [-0.3, -0.25) is 0 Å². The molecular formula is C20H43BrNNaO3. The van der Waals surface area contributed by atoms with E-state index in [0.717, 1.165) is 4.48 Å². The molecule has 154 valence electrons. The molecular weight excluding hydrogens is 405 g/mol. The minimum Gasteiger partial charge on any atom is -1.00 e. The first kappa shape index (κ1) is 34.2. The van der Waals surface area contributed by atoms with E-state index in [1.807, 2.05) is 0 Å². The molecule has 0 aliphatic carbocycles. The second-order valence-corrected chi connectivity index (χ2v) is 7.88. The number of carbonyl (C=O) groups is 1. The Hall–Kier alpha value is 0.710. The van der Waals surface area contributed by atoms with Gasteiger partial charge in [0.1, 0.15) is 0 Å². The van der Waals surface area contributed by atoms with E-state index in [4.69, 9.17) is 15.0 Å².